The van der Waals surface area contributed by atoms with Gasteiger partial charge in [0, 0.05) is 12.1 Å². The third-order valence-corrected chi connectivity index (χ3v) is 3.32. The van der Waals surface area contributed by atoms with Crippen LogP contribution in [0, 0.1) is 0 Å². The molecule has 2 rings (SSSR count). The van der Waals surface area contributed by atoms with Gasteiger partial charge in [0.25, 0.3) is 0 Å². The minimum absolute atomic E-state index is 0.117. The number of halogens is 1. The molecule has 1 heterocycles. The molecule has 6 nitrogen and oxygen atoms in total. The molecule has 0 bridgehead atoms. The van der Waals surface area contributed by atoms with Gasteiger partial charge >= 0.3 is 6.01 Å². The Balaban J connectivity index is 2.09. The van der Waals surface area contributed by atoms with E-state index in [2.05, 4.69) is 20.3 Å². The summed E-state index contributed by atoms with van der Waals surface area (Å²) < 4.78 is 4.96. The molecule has 1 aliphatic rings. The number of rotatable bonds is 3. The fraction of sp³-hybridized carbons (Fsp3) is 0.727. The number of hydrogen-bond acceptors (Lipinski definition) is 6. The van der Waals surface area contributed by atoms with Gasteiger partial charge in [-0.15, -0.1) is 0 Å². The highest BCUT2D eigenvalue weighted by Gasteiger charge is 2.21. The van der Waals surface area contributed by atoms with Crippen LogP contribution in [-0.4, -0.2) is 34.1 Å². The first kappa shape index (κ1) is 13.3. The van der Waals surface area contributed by atoms with Crippen LogP contribution in [0.4, 0.5) is 5.95 Å². The van der Waals surface area contributed by atoms with Crippen molar-refractivity contribution in [2.45, 2.75) is 44.2 Å². The second kappa shape index (κ2) is 6.15. The van der Waals surface area contributed by atoms with Crippen LogP contribution >= 0.6 is 11.6 Å². The van der Waals surface area contributed by atoms with Crippen LogP contribution in [0.1, 0.15) is 32.1 Å². The van der Waals surface area contributed by atoms with Crippen molar-refractivity contribution in [3.8, 4) is 6.01 Å². The molecule has 0 radical (unpaired) electrons. The highest BCUT2D eigenvalue weighted by molar-refractivity contribution is 6.28. The zero-order chi connectivity index (χ0) is 13.0. The number of hydrogen-bond donors (Lipinski definition) is 2. The summed E-state index contributed by atoms with van der Waals surface area (Å²) in [7, 11) is 1.49. The van der Waals surface area contributed by atoms with E-state index in [0.717, 1.165) is 12.8 Å². The Kier molecular flexibility index (Phi) is 4.54. The standard InChI is InChI=1S/C11H18ClN5O/c1-18-11-16-9(12)15-10(17-11)14-8-6-4-2-3-5-7(8)13/h7-8H,2-6,13H2,1H3,(H,14,15,16,17). The van der Waals surface area contributed by atoms with Gasteiger partial charge in [-0.3, -0.25) is 0 Å². The van der Waals surface area contributed by atoms with E-state index in [-0.39, 0.29) is 23.4 Å². The van der Waals surface area contributed by atoms with E-state index in [1.165, 1.54) is 26.4 Å². The minimum atomic E-state index is 0.117. The summed E-state index contributed by atoms with van der Waals surface area (Å²) in [5, 5.41) is 3.35. The third kappa shape index (κ3) is 3.43. The summed E-state index contributed by atoms with van der Waals surface area (Å²) in [6, 6.07) is 0.504. The van der Waals surface area contributed by atoms with E-state index in [1.807, 2.05) is 0 Å². The molecule has 0 aliphatic heterocycles. The monoisotopic (exact) mass is 271 g/mol. The molecule has 1 fully saturated rings. The fourth-order valence-electron chi connectivity index (χ4n) is 2.17. The molecule has 1 aromatic rings. The Labute approximate surface area is 111 Å². The smallest absolute Gasteiger partial charge is 0.322 e. The summed E-state index contributed by atoms with van der Waals surface area (Å²) in [4.78, 5) is 12.0. The van der Waals surface area contributed by atoms with Crippen molar-refractivity contribution >= 4 is 17.5 Å². The largest absolute Gasteiger partial charge is 0.467 e. The maximum atomic E-state index is 6.14. The number of nitrogens with two attached hydrogens (primary N) is 1. The highest BCUT2D eigenvalue weighted by atomic mass is 35.5. The van der Waals surface area contributed by atoms with Crippen molar-refractivity contribution in [2.75, 3.05) is 12.4 Å². The van der Waals surface area contributed by atoms with Gasteiger partial charge in [-0.1, -0.05) is 19.3 Å². The molecule has 7 heteroatoms. The number of aromatic nitrogens is 3. The van der Waals surface area contributed by atoms with Gasteiger partial charge in [0.05, 0.1) is 7.11 Å². The predicted octanol–water partition coefficient (Wildman–Crippen LogP) is 1.61. The molecule has 0 amide bonds. The van der Waals surface area contributed by atoms with Gasteiger partial charge in [0.15, 0.2) is 0 Å². The summed E-state index contributed by atoms with van der Waals surface area (Å²) in [6.45, 7) is 0. The van der Waals surface area contributed by atoms with E-state index in [0.29, 0.717) is 5.95 Å². The van der Waals surface area contributed by atoms with Gasteiger partial charge in [0.2, 0.25) is 11.2 Å². The van der Waals surface area contributed by atoms with E-state index < -0.39 is 0 Å². The fourth-order valence-corrected chi connectivity index (χ4v) is 2.32. The number of methoxy groups -OCH3 is 1. The number of anilines is 1. The van der Waals surface area contributed by atoms with Crippen molar-refractivity contribution in [1.82, 2.24) is 15.0 Å². The van der Waals surface area contributed by atoms with Crippen LogP contribution in [0.3, 0.4) is 0 Å². The lowest BCUT2D eigenvalue weighted by Crippen LogP contribution is -2.39. The lowest BCUT2D eigenvalue weighted by molar-refractivity contribution is 0.378. The van der Waals surface area contributed by atoms with Crippen molar-refractivity contribution in [1.29, 1.82) is 0 Å². The van der Waals surface area contributed by atoms with E-state index in [4.69, 9.17) is 22.1 Å². The summed E-state index contributed by atoms with van der Waals surface area (Å²) in [5.41, 5.74) is 6.14. The average Bonchev–Trinajstić information content (AvgIpc) is 2.54. The van der Waals surface area contributed by atoms with Gasteiger partial charge in [-0.25, -0.2) is 0 Å². The number of ether oxygens (including phenoxy) is 1. The summed E-state index contributed by atoms with van der Waals surface area (Å²) in [6.07, 6.45) is 5.62. The maximum absolute atomic E-state index is 6.14. The van der Waals surface area contributed by atoms with Gasteiger partial charge < -0.3 is 15.8 Å². The first-order chi connectivity index (χ1) is 8.69. The Hall–Kier alpha value is -1.14. The summed E-state index contributed by atoms with van der Waals surface area (Å²) in [5.74, 6) is 0.425. The quantitative estimate of drug-likeness (QED) is 0.812. The summed E-state index contributed by atoms with van der Waals surface area (Å²) >= 11 is 5.80. The molecule has 0 spiro atoms. The van der Waals surface area contributed by atoms with Gasteiger partial charge in [-0.2, -0.15) is 15.0 Å². The highest BCUT2D eigenvalue weighted by Crippen LogP contribution is 2.20. The second-order valence-corrected chi connectivity index (χ2v) is 4.81. The first-order valence-corrected chi connectivity index (χ1v) is 6.54. The molecule has 0 aromatic carbocycles. The molecule has 1 aromatic heterocycles. The van der Waals surface area contributed by atoms with Crippen molar-refractivity contribution in [3.05, 3.63) is 5.28 Å². The van der Waals surface area contributed by atoms with Crippen LogP contribution < -0.4 is 15.8 Å². The zero-order valence-corrected chi connectivity index (χ0v) is 11.2. The van der Waals surface area contributed by atoms with Gasteiger partial charge in [0.1, 0.15) is 0 Å². The van der Waals surface area contributed by atoms with Crippen molar-refractivity contribution in [3.63, 3.8) is 0 Å². The van der Waals surface area contributed by atoms with Crippen molar-refractivity contribution in [2.24, 2.45) is 5.73 Å². The van der Waals surface area contributed by atoms with Crippen LogP contribution in [0.5, 0.6) is 6.01 Å². The minimum Gasteiger partial charge on any atom is -0.467 e. The molecule has 2 atom stereocenters. The zero-order valence-electron chi connectivity index (χ0n) is 10.4. The molecule has 1 aliphatic carbocycles. The molecule has 1 saturated carbocycles. The third-order valence-electron chi connectivity index (χ3n) is 3.15. The normalized spacial score (nSPS) is 24.4. The lowest BCUT2D eigenvalue weighted by Gasteiger charge is -2.22. The van der Waals surface area contributed by atoms with Crippen LogP contribution in [0.25, 0.3) is 0 Å². The number of nitrogens with one attached hydrogen (secondary N) is 1. The van der Waals surface area contributed by atoms with Crippen molar-refractivity contribution < 1.29 is 4.74 Å². The Morgan fingerprint density at radius 3 is 2.78 bits per heavy atom. The Bertz CT molecular complexity index is 403. The number of nitrogens with zero attached hydrogens (tertiary/aromatic N) is 3. The van der Waals surface area contributed by atoms with E-state index in [9.17, 15) is 0 Å². The first-order valence-electron chi connectivity index (χ1n) is 6.16. The predicted molar refractivity (Wildman–Crippen MR) is 69.9 cm³/mol. The lowest BCUT2D eigenvalue weighted by atomic mass is 10.0. The molecule has 3 N–H and O–H groups in total. The molecule has 2 unspecified atom stereocenters. The second-order valence-electron chi connectivity index (χ2n) is 4.47. The molecule has 0 saturated heterocycles. The van der Waals surface area contributed by atoms with Crippen LogP contribution in [0.2, 0.25) is 5.28 Å². The van der Waals surface area contributed by atoms with E-state index >= 15 is 0 Å². The molecule has 18 heavy (non-hydrogen) atoms. The Morgan fingerprint density at radius 1 is 1.22 bits per heavy atom. The van der Waals surface area contributed by atoms with Crippen LogP contribution in [-0.2, 0) is 0 Å². The average molecular weight is 272 g/mol. The molecular weight excluding hydrogens is 254 g/mol. The maximum Gasteiger partial charge on any atom is 0.322 e. The van der Waals surface area contributed by atoms with Crippen LogP contribution in [0.15, 0.2) is 0 Å². The molecule has 100 valence electrons. The van der Waals surface area contributed by atoms with E-state index in [1.54, 1.807) is 0 Å². The topological polar surface area (TPSA) is 86.0 Å². The Morgan fingerprint density at radius 2 is 2.00 bits per heavy atom. The molecular formula is C11H18ClN5O. The van der Waals surface area contributed by atoms with Gasteiger partial charge in [-0.05, 0) is 24.4 Å². The SMILES string of the molecule is COc1nc(Cl)nc(NC2CCCCCC2N)n1.